The average Bonchev–Trinajstić information content (AvgIpc) is 2.67. The molecule has 0 aliphatic rings. The Kier molecular flexibility index (Phi) is 5.96. The van der Waals surface area contributed by atoms with Crippen LogP contribution in [0.15, 0.2) is 66.7 Å². The summed E-state index contributed by atoms with van der Waals surface area (Å²) in [5.74, 6) is 5.79. The molecule has 0 radical (unpaired) electrons. The van der Waals surface area contributed by atoms with E-state index in [0.717, 1.165) is 27.8 Å². The first-order valence-corrected chi connectivity index (χ1v) is 9.44. The Morgan fingerprint density at radius 1 is 0.821 bits per heavy atom. The number of aryl methyl sites for hydroxylation is 2. The van der Waals surface area contributed by atoms with Crippen LogP contribution in [0.5, 0.6) is 5.75 Å². The summed E-state index contributed by atoms with van der Waals surface area (Å²) in [5, 5.41) is 0. The van der Waals surface area contributed by atoms with Gasteiger partial charge in [0.1, 0.15) is 5.75 Å². The van der Waals surface area contributed by atoms with Crippen molar-refractivity contribution in [2.45, 2.75) is 33.6 Å². The van der Waals surface area contributed by atoms with E-state index in [4.69, 9.17) is 4.74 Å². The van der Waals surface area contributed by atoms with Crippen LogP contribution in [-0.2, 0) is 4.79 Å². The summed E-state index contributed by atoms with van der Waals surface area (Å²) in [7, 11) is 0. The number of hydrogen-bond acceptors (Lipinski definition) is 2. The Bertz CT molecular complexity index is 1030. The summed E-state index contributed by atoms with van der Waals surface area (Å²) in [5.41, 5.74) is 6.34. The van der Waals surface area contributed by atoms with Gasteiger partial charge in [0.2, 0.25) is 0 Å². The highest BCUT2D eigenvalue weighted by Crippen LogP contribution is 2.27. The van der Waals surface area contributed by atoms with E-state index in [0.29, 0.717) is 5.75 Å². The van der Waals surface area contributed by atoms with Gasteiger partial charge < -0.3 is 4.74 Å². The van der Waals surface area contributed by atoms with E-state index in [1.807, 2.05) is 49.4 Å². The number of hydrogen-bond donors (Lipinski definition) is 0. The molecule has 28 heavy (non-hydrogen) atoms. The second kappa shape index (κ2) is 8.59. The third-order valence-electron chi connectivity index (χ3n) is 4.57. The van der Waals surface area contributed by atoms with E-state index in [1.165, 1.54) is 5.56 Å². The maximum atomic E-state index is 12.2. The maximum absolute atomic E-state index is 12.2. The van der Waals surface area contributed by atoms with Crippen LogP contribution in [-0.4, -0.2) is 5.97 Å². The van der Waals surface area contributed by atoms with Crippen LogP contribution in [0.4, 0.5) is 0 Å². The third kappa shape index (κ3) is 4.90. The Balaban J connectivity index is 1.72. The molecule has 0 aliphatic carbocycles. The monoisotopic (exact) mass is 368 g/mol. The number of benzene rings is 3. The van der Waals surface area contributed by atoms with Gasteiger partial charge in [-0.2, -0.15) is 0 Å². The zero-order valence-electron chi connectivity index (χ0n) is 16.7. The molecule has 0 atom stereocenters. The third-order valence-corrected chi connectivity index (χ3v) is 4.57. The van der Waals surface area contributed by atoms with E-state index >= 15 is 0 Å². The van der Waals surface area contributed by atoms with E-state index in [-0.39, 0.29) is 5.92 Å². The van der Waals surface area contributed by atoms with Crippen molar-refractivity contribution in [3.05, 3.63) is 89.0 Å². The standard InChI is InChI=1S/C26H24O2/c1-18(2)24-15-7-20(4)17-25(24)28-26(27)16-10-21-8-13-23(14-9-21)22-11-5-19(3)6-12-22/h5-9,11-15,17-18H,1-4H3. The lowest BCUT2D eigenvalue weighted by atomic mass is 10.0. The molecule has 0 N–H and O–H groups in total. The number of carbonyl (C=O) groups is 1. The van der Waals surface area contributed by atoms with Crippen molar-refractivity contribution in [2.75, 3.05) is 0 Å². The highest BCUT2D eigenvalue weighted by Gasteiger charge is 2.11. The van der Waals surface area contributed by atoms with Crippen LogP contribution in [0.25, 0.3) is 11.1 Å². The molecule has 140 valence electrons. The predicted molar refractivity (Wildman–Crippen MR) is 114 cm³/mol. The quantitative estimate of drug-likeness (QED) is 0.319. The zero-order chi connectivity index (χ0) is 20.1. The molecule has 2 heteroatoms. The summed E-state index contributed by atoms with van der Waals surface area (Å²) in [6.07, 6.45) is 0. The fourth-order valence-corrected chi connectivity index (χ4v) is 2.95. The lowest BCUT2D eigenvalue weighted by Gasteiger charge is -2.12. The van der Waals surface area contributed by atoms with Crippen molar-refractivity contribution in [1.29, 1.82) is 0 Å². The van der Waals surface area contributed by atoms with Gasteiger partial charge in [0, 0.05) is 11.5 Å². The zero-order valence-corrected chi connectivity index (χ0v) is 16.7. The Hall–Kier alpha value is -3.31. The maximum Gasteiger partial charge on any atom is 0.390 e. The molecule has 0 saturated carbocycles. The SMILES string of the molecule is Cc1ccc(-c2ccc(C#CC(=O)Oc3cc(C)ccc3C(C)C)cc2)cc1. The minimum atomic E-state index is -0.546. The summed E-state index contributed by atoms with van der Waals surface area (Å²) in [6, 6.07) is 22.1. The van der Waals surface area contributed by atoms with Gasteiger partial charge in [0.05, 0.1) is 0 Å². The summed E-state index contributed by atoms with van der Waals surface area (Å²) in [6.45, 7) is 8.19. The van der Waals surface area contributed by atoms with E-state index < -0.39 is 5.97 Å². The first-order valence-electron chi connectivity index (χ1n) is 9.44. The summed E-state index contributed by atoms with van der Waals surface area (Å²) < 4.78 is 5.50. The smallest absolute Gasteiger partial charge is 0.390 e. The Morgan fingerprint density at radius 3 is 2.00 bits per heavy atom. The van der Waals surface area contributed by atoms with E-state index in [1.54, 1.807) is 0 Å². The lowest BCUT2D eigenvalue weighted by molar-refractivity contribution is -0.128. The molecule has 0 bridgehead atoms. The highest BCUT2D eigenvalue weighted by atomic mass is 16.5. The number of ether oxygens (including phenoxy) is 1. The Labute approximate surface area is 167 Å². The molecule has 0 amide bonds. The minimum absolute atomic E-state index is 0.269. The second-order valence-corrected chi connectivity index (χ2v) is 7.28. The van der Waals surface area contributed by atoms with Gasteiger partial charge in [-0.25, -0.2) is 4.79 Å². The van der Waals surface area contributed by atoms with Gasteiger partial charge in [-0.15, -0.1) is 0 Å². The van der Waals surface area contributed by atoms with Crippen LogP contribution in [0.1, 0.15) is 42.0 Å². The van der Waals surface area contributed by atoms with Crippen molar-refractivity contribution in [2.24, 2.45) is 0 Å². The number of rotatable bonds is 3. The lowest BCUT2D eigenvalue weighted by Crippen LogP contribution is -2.07. The van der Waals surface area contributed by atoms with E-state index in [9.17, 15) is 4.79 Å². The first kappa shape index (κ1) is 19.5. The van der Waals surface area contributed by atoms with Gasteiger partial charge >= 0.3 is 5.97 Å². The van der Waals surface area contributed by atoms with Crippen LogP contribution >= 0.6 is 0 Å². The molecule has 0 saturated heterocycles. The molecule has 2 nitrogen and oxygen atoms in total. The Morgan fingerprint density at radius 2 is 1.39 bits per heavy atom. The highest BCUT2D eigenvalue weighted by molar-refractivity contribution is 5.91. The van der Waals surface area contributed by atoms with Gasteiger partial charge in [-0.3, -0.25) is 0 Å². The molecule has 0 aliphatic heterocycles. The molecule has 0 fully saturated rings. The average molecular weight is 368 g/mol. The predicted octanol–water partition coefficient (Wildman–Crippen LogP) is 6.05. The molecule has 3 aromatic carbocycles. The number of carbonyl (C=O) groups excluding carboxylic acids is 1. The van der Waals surface area contributed by atoms with Crippen LogP contribution in [0.2, 0.25) is 0 Å². The molecule has 0 spiro atoms. The van der Waals surface area contributed by atoms with E-state index in [2.05, 4.69) is 56.9 Å². The van der Waals surface area contributed by atoms with Crippen molar-refractivity contribution < 1.29 is 9.53 Å². The molecule has 3 aromatic rings. The van der Waals surface area contributed by atoms with Gasteiger partial charge in [0.15, 0.2) is 0 Å². The van der Waals surface area contributed by atoms with Gasteiger partial charge in [-0.1, -0.05) is 73.9 Å². The normalized spacial score (nSPS) is 10.3. The van der Waals surface area contributed by atoms with Crippen LogP contribution in [0.3, 0.4) is 0 Å². The molecule has 0 heterocycles. The molecular formula is C26H24O2. The van der Waals surface area contributed by atoms with Crippen molar-refractivity contribution >= 4 is 5.97 Å². The fraction of sp³-hybridized carbons (Fsp3) is 0.192. The van der Waals surface area contributed by atoms with Crippen LogP contribution in [0, 0.1) is 25.7 Å². The second-order valence-electron chi connectivity index (χ2n) is 7.28. The summed E-state index contributed by atoms with van der Waals surface area (Å²) in [4.78, 5) is 12.2. The fourth-order valence-electron chi connectivity index (χ4n) is 2.95. The van der Waals surface area contributed by atoms with Crippen molar-refractivity contribution in [3.8, 4) is 28.7 Å². The molecular weight excluding hydrogens is 344 g/mol. The molecule has 0 aromatic heterocycles. The summed E-state index contributed by atoms with van der Waals surface area (Å²) >= 11 is 0. The van der Waals surface area contributed by atoms with Crippen molar-refractivity contribution in [1.82, 2.24) is 0 Å². The topological polar surface area (TPSA) is 26.3 Å². The van der Waals surface area contributed by atoms with Gasteiger partial charge in [0.25, 0.3) is 0 Å². The minimum Gasteiger partial charge on any atom is -0.417 e. The van der Waals surface area contributed by atoms with Crippen molar-refractivity contribution in [3.63, 3.8) is 0 Å². The molecule has 3 rings (SSSR count). The molecule has 0 unspecified atom stereocenters. The first-order chi connectivity index (χ1) is 13.4. The largest absolute Gasteiger partial charge is 0.417 e. The van der Waals surface area contributed by atoms with Crippen LogP contribution < -0.4 is 4.74 Å². The number of esters is 1. The van der Waals surface area contributed by atoms with Gasteiger partial charge in [-0.05, 0) is 60.2 Å².